The van der Waals surface area contributed by atoms with Gasteiger partial charge in [0.2, 0.25) is 5.91 Å². The zero-order chi connectivity index (χ0) is 15.1. The van der Waals surface area contributed by atoms with E-state index in [0.717, 1.165) is 17.8 Å². The van der Waals surface area contributed by atoms with Crippen molar-refractivity contribution < 1.29 is 4.79 Å². The second-order valence-corrected chi connectivity index (χ2v) is 6.26. The van der Waals surface area contributed by atoms with E-state index < -0.39 is 0 Å². The number of carbonyl (C=O) groups excluding carboxylic acids is 1. The predicted octanol–water partition coefficient (Wildman–Crippen LogP) is 4.29. The summed E-state index contributed by atoms with van der Waals surface area (Å²) in [7, 11) is 0. The van der Waals surface area contributed by atoms with Crippen molar-refractivity contribution in [2.75, 3.05) is 11.9 Å². The molecule has 1 aromatic rings. The van der Waals surface area contributed by atoms with Crippen molar-refractivity contribution in [1.82, 2.24) is 5.32 Å². The maximum Gasteiger partial charge on any atom is 0.225 e. The summed E-state index contributed by atoms with van der Waals surface area (Å²) in [6.45, 7) is 2.66. The molecule has 2 N–H and O–H groups in total. The van der Waals surface area contributed by atoms with Crippen LogP contribution >= 0.6 is 11.6 Å². The van der Waals surface area contributed by atoms with E-state index in [1.165, 1.54) is 38.5 Å². The van der Waals surface area contributed by atoms with Gasteiger partial charge in [-0.05, 0) is 37.5 Å². The molecular formula is C17H25ClN2O. The van der Waals surface area contributed by atoms with Crippen molar-refractivity contribution in [2.45, 2.75) is 57.9 Å². The fourth-order valence-electron chi connectivity index (χ4n) is 2.83. The maximum absolute atomic E-state index is 12.0. The summed E-state index contributed by atoms with van der Waals surface area (Å²) in [5.74, 6) is 0.0430. The Labute approximate surface area is 132 Å². The maximum atomic E-state index is 12.0. The van der Waals surface area contributed by atoms with Crippen LogP contribution in [0.2, 0.25) is 5.02 Å². The lowest BCUT2D eigenvalue weighted by Crippen LogP contribution is -2.31. The largest absolute Gasteiger partial charge is 0.326 e. The number of anilines is 1. The Kier molecular flexibility index (Phi) is 6.52. The number of amides is 1. The van der Waals surface area contributed by atoms with Gasteiger partial charge in [0.1, 0.15) is 0 Å². The quantitative estimate of drug-likeness (QED) is 0.797. The van der Waals surface area contributed by atoms with Crippen molar-refractivity contribution >= 4 is 23.2 Å². The van der Waals surface area contributed by atoms with Crippen molar-refractivity contribution in [1.29, 1.82) is 0 Å². The van der Waals surface area contributed by atoms with E-state index in [9.17, 15) is 4.79 Å². The molecular weight excluding hydrogens is 284 g/mol. The van der Waals surface area contributed by atoms with Gasteiger partial charge in [0.15, 0.2) is 0 Å². The molecule has 1 saturated carbocycles. The van der Waals surface area contributed by atoms with Crippen LogP contribution in [0.1, 0.15) is 50.5 Å². The monoisotopic (exact) mass is 308 g/mol. The molecule has 0 spiro atoms. The minimum Gasteiger partial charge on any atom is -0.326 e. The Bertz CT molecular complexity index is 468. The lowest BCUT2D eigenvalue weighted by molar-refractivity contribution is -0.116. The van der Waals surface area contributed by atoms with E-state index >= 15 is 0 Å². The van der Waals surface area contributed by atoms with Crippen LogP contribution in [0.5, 0.6) is 0 Å². The number of halogens is 1. The third-order valence-corrected chi connectivity index (χ3v) is 4.59. The average Bonchev–Trinajstić information content (AvgIpc) is 2.73. The second kappa shape index (κ2) is 8.40. The molecule has 3 nitrogen and oxygen atoms in total. The molecule has 1 amide bonds. The molecule has 1 aromatic carbocycles. The Morgan fingerprint density at radius 1 is 1.24 bits per heavy atom. The molecule has 116 valence electrons. The molecule has 0 radical (unpaired) electrons. The van der Waals surface area contributed by atoms with Gasteiger partial charge >= 0.3 is 0 Å². The molecule has 0 saturated heterocycles. The second-order valence-electron chi connectivity index (χ2n) is 5.85. The number of carbonyl (C=O) groups is 1. The minimum absolute atomic E-state index is 0.0430. The number of rotatable bonds is 5. The fraction of sp³-hybridized carbons (Fsp3) is 0.588. The third-order valence-electron chi connectivity index (χ3n) is 4.18. The summed E-state index contributed by atoms with van der Waals surface area (Å²) in [4.78, 5) is 12.0. The van der Waals surface area contributed by atoms with E-state index in [1.54, 1.807) is 0 Å². The fourth-order valence-corrected chi connectivity index (χ4v) is 3.00. The molecule has 0 aromatic heterocycles. The predicted molar refractivity (Wildman–Crippen MR) is 88.9 cm³/mol. The van der Waals surface area contributed by atoms with Gasteiger partial charge in [0, 0.05) is 29.7 Å². The van der Waals surface area contributed by atoms with Crippen LogP contribution in [0, 0.1) is 6.92 Å². The van der Waals surface area contributed by atoms with Gasteiger partial charge in [-0.1, -0.05) is 43.4 Å². The van der Waals surface area contributed by atoms with Gasteiger partial charge in [0.25, 0.3) is 0 Å². The molecule has 0 bridgehead atoms. The highest BCUT2D eigenvalue weighted by Gasteiger charge is 2.12. The highest BCUT2D eigenvalue weighted by Crippen LogP contribution is 2.23. The molecule has 1 fully saturated rings. The number of hydrogen-bond acceptors (Lipinski definition) is 2. The Morgan fingerprint density at radius 2 is 1.95 bits per heavy atom. The highest BCUT2D eigenvalue weighted by atomic mass is 35.5. The molecule has 0 atom stereocenters. The standard InChI is InChI=1S/C17H25ClN2O/c1-13-15(18)9-6-10-16(13)20-17(21)11-12-19-14-7-4-2-3-5-8-14/h6,9-10,14,19H,2-5,7-8,11-12H2,1H3,(H,20,21). The van der Waals surface area contributed by atoms with Crippen LogP contribution in [-0.4, -0.2) is 18.5 Å². The van der Waals surface area contributed by atoms with Crippen molar-refractivity contribution in [3.05, 3.63) is 28.8 Å². The average molecular weight is 309 g/mol. The summed E-state index contributed by atoms with van der Waals surface area (Å²) >= 11 is 6.05. The summed E-state index contributed by atoms with van der Waals surface area (Å²) in [6.07, 6.45) is 8.32. The summed E-state index contributed by atoms with van der Waals surface area (Å²) in [6, 6.07) is 6.17. The lowest BCUT2D eigenvalue weighted by Gasteiger charge is -2.16. The van der Waals surface area contributed by atoms with Crippen LogP contribution in [0.3, 0.4) is 0 Å². The molecule has 1 aliphatic carbocycles. The Hall–Kier alpha value is -1.06. The molecule has 0 heterocycles. The van der Waals surface area contributed by atoms with Crippen molar-refractivity contribution in [3.63, 3.8) is 0 Å². The van der Waals surface area contributed by atoms with E-state index in [2.05, 4.69) is 10.6 Å². The molecule has 21 heavy (non-hydrogen) atoms. The van der Waals surface area contributed by atoms with E-state index in [0.29, 0.717) is 17.5 Å². The molecule has 2 rings (SSSR count). The van der Waals surface area contributed by atoms with E-state index in [4.69, 9.17) is 11.6 Å². The molecule has 4 heteroatoms. The molecule has 0 aliphatic heterocycles. The first kappa shape index (κ1) is 16.3. The zero-order valence-corrected chi connectivity index (χ0v) is 13.5. The van der Waals surface area contributed by atoms with Gasteiger partial charge in [-0.2, -0.15) is 0 Å². The normalized spacial score (nSPS) is 16.5. The summed E-state index contributed by atoms with van der Waals surface area (Å²) in [5.41, 5.74) is 1.73. The lowest BCUT2D eigenvalue weighted by atomic mass is 10.1. The molecule has 1 aliphatic rings. The smallest absolute Gasteiger partial charge is 0.225 e. The first-order valence-electron chi connectivity index (χ1n) is 7.95. The van der Waals surface area contributed by atoms with E-state index in [-0.39, 0.29) is 5.91 Å². The molecule has 0 unspecified atom stereocenters. The van der Waals surface area contributed by atoms with Gasteiger partial charge < -0.3 is 10.6 Å². The summed E-state index contributed by atoms with van der Waals surface area (Å²) < 4.78 is 0. The highest BCUT2D eigenvalue weighted by molar-refractivity contribution is 6.31. The number of nitrogens with one attached hydrogen (secondary N) is 2. The van der Waals surface area contributed by atoms with Crippen LogP contribution in [0.4, 0.5) is 5.69 Å². The van der Waals surface area contributed by atoms with Gasteiger partial charge in [0.05, 0.1) is 0 Å². The summed E-state index contributed by atoms with van der Waals surface area (Å²) in [5, 5.41) is 7.14. The van der Waals surface area contributed by atoms with E-state index in [1.807, 2.05) is 25.1 Å². The van der Waals surface area contributed by atoms with Crippen molar-refractivity contribution in [2.24, 2.45) is 0 Å². The first-order chi connectivity index (χ1) is 10.2. The zero-order valence-electron chi connectivity index (χ0n) is 12.8. The van der Waals surface area contributed by atoms with Gasteiger partial charge in [-0.15, -0.1) is 0 Å². The number of hydrogen-bond donors (Lipinski definition) is 2. The van der Waals surface area contributed by atoms with Crippen LogP contribution in [0.25, 0.3) is 0 Å². The number of benzene rings is 1. The third kappa shape index (κ3) is 5.33. The van der Waals surface area contributed by atoms with Crippen molar-refractivity contribution in [3.8, 4) is 0 Å². The minimum atomic E-state index is 0.0430. The van der Waals surface area contributed by atoms with Gasteiger partial charge in [-0.3, -0.25) is 4.79 Å². The van der Waals surface area contributed by atoms with Crippen LogP contribution < -0.4 is 10.6 Å². The Morgan fingerprint density at radius 3 is 2.67 bits per heavy atom. The first-order valence-corrected chi connectivity index (χ1v) is 8.33. The SMILES string of the molecule is Cc1c(Cl)cccc1NC(=O)CCNC1CCCCCC1. The van der Waals surface area contributed by atoms with Crippen LogP contribution in [0.15, 0.2) is 18.2 Å². The Balaban J connectivity index is 1.73. The van der Waals surface area contributed by atoms with Gasteiger partial charge in [-0.25, -0.2) is 0 Å². The van der Waals surface area contributed by atoms with Crippen LogP contribution in [-0.2, 0) is 4.79 Å². The topological polar surface area (TPSA) is 41.1 Å².